The molecule has 1 atom stereocenters. The molecule has 7 nitrogen and oxygen atoms in total. The van der Waals surface area contributed by atoms with E-state index < -0.39 is 11.3 Å². The Balaban J connectivity index is 1.64. The van der Waals surface area contributed by atoms with Crippen molar-refractivity contribution in [2.75, 3.05) is 13.7 Å². The first-order valence-electron chi connectivity index (χ1n) is 12.7. The monoisotopic (exact) mass is 515 g/mol. The molecule has 1 aromatic heterocycles. The molecule has 4 aromatic rings. The Kier molecular flexibility index (Phi) is 8.36. The van der Waals surface area contributed by atoms with Crippen molar-refractivity contribution in [2.24, 2.45) is 5.92 Å². The maximum Gasteiger partial charge on any atom is 0.220 e. The molecule has 7 heteroatoms. The predicted octanol–water partition coefficient (Wildman–Crippen LogP) is 5.76. The van der Waals surface area contributed by atoms with Gasteiger partial charge in [-0.05, 0) is 36.5 Å². The third-order valence-corrected chi connectivity index (χ3v) is 6.55. The number of hydrogen-bond donors (Lipinski definition) is 3. The standard InChI is InChI=1S/C31H33NO6/c1-19(2)15-22(16-28(36)32-14-13-20-9-11-23(37-3)12-10-20)29-24(33)17-25(34)30-26(35)18-27(38-31(29)30)21-7-5-4-6-8-21/h4-12,17-19,22,33-34H,13-16H2,1-3H3,(H,32,36)/t22-/m1/s1. The molecular formula is C31H33NO6. The van der Waals surface area contributed by atoms with Crippen LogP contribution in [-0.2, 0) is 11.2 Å². The molecule has 0 bridgehead atoms. The molecule has 3 aromatic carbocycles. The van der Waals surface area contributed by atoms with Crippen molar-refractivity contribution >= 4 is 16.9 Å². The summed E-state index contributed by atoms with van der Waals surface area (Å²) in [5.74, 6) is 0.111. The molecule has 0 aliphatic heterocycles. The molecule has 198 valence electrons. The lowest BCUT2D eigenvalue weighted by molar-refractivity contribution is -0.121. The second-order valence-electron chi connectivity index (χ2n) is 9.85. The van der Waals surface area contributed by atoms with Gasteiger partial charge in [-0.3, -0.25) is 9.59 Å². The molecular weight excluding hydrogens is 482 g/mol. The van der Waals surface area contributed by atoms with Crippen molar-refractivity contribution in [3.8, 4) is 28.6 Å². The number of hydrogen-bond acceptors (Lipinski definition) is 6. The minimum Gasteiger partial charge on any atom is -0.507 e. The number of amides is 1. The van der Waals surface area contributed by atoms with E-state index in [1.54, 1.807) is 7.11 Å². The lowest BCUT2D eigenvalue weighted by Gasteiger charge is -2.22. The smallest absolute Gasteiger partial charge is 0.220 e. The normalized spacial score (nSPS) is 12.0. The Morgan fingerprint density at radius 2 is 1.71 bits per heavy atom. The summed E-state index contributed by atoms with van der Waals surface area (Å²) < 4.78 is 11.3. The number of rotatable bonds is 10. The topological polar surface area (TPSA) is 109 Å². The van der Waals surface area contributed by atoms with Crippen LogP contribution >= 0.6 is 0 Å². The minimum absolute atomic E-state index is 0.00819. The van der Waals surface area contributed by atoms with Crippen molar-refractivity contribution in [3.05, 3.63) is 88.1 Å². The number of aromatic hydroxyl groups is 2. The Hall–Kier alpha value is -4.26. The van der Waals surface area contributed by atoms with E-state index in [-0.39, 0.29) is 40.7 Å². The number of carbonyl (C=O) groups excluding carboxylic acids is 1. The van der Waals surface area contributed by atoms with Crippen molar-refractivity contribution in [1.29, 1.82) is 0 Å². The molecule has 0 unspecified atom stereocenters. The van der Waals surface area contributed by atoms with Crippen LogP contribution in [0.5, 0.6) is 17.2 Å². The molecule has 38 heavy (non-hydrogen) atoms. The number of methoxy groups -OCH3 is 1. The van der Waals surface area contributed by atoms with E-state index in [1.807, 2.05) is 68.4 Å². The minimum atomic E-state index is -0.437. The lowest BCUT2D eigenvalue weighted by Crippen LogP contribution is -2.27. The fourth-order valence-electron chi connectivity index (χ4n) is 4.77. The van der Waals surface area contributed by atoms with Gasteiger partial charge in [0.2, 0.25) is 5.91 Å². The highest BCUT2D eigenvalue weighted by Gasteiger charge is 2.27. The van der Waals surface area contributed by atoms with Gasteiger partial charge in [0.25, 0.3) is 0 Å². The third-order valence-electron chi connectivity index (χ3n) is 6.55. The van der Waals surface area contributed by atoms with Gasteiger partial charge in [0, 0.05) is 42.1 Å². The number of carbonyl (C=O) groups is 1. The van der Waals surface area contributed by atoms with Crippen molar-refractivity contribution in [1.82, 2.24) is 5.32 Å². The fourth-order valence-corrected chi connectivity index (χ4v) is 4.77. The highest BCUT2D eigenvalue weighted by Crippen LogP contribution is 2.42. The van der Waals surface area contributed by atoms with Crippen LogP contribution in [0.15, 0.2) is 75.9 Å². The highest BCUT2D eigenvalue weighted by atomic mass is 16.5. The van der Waals surface area contributed by atoms with Gasteiger partial charge in [0.05, 0.1) is 7.11 Å². The Labute approximate surface area is 221 Å². The van der Waals surface area contributed by atoms with E-state index in [9.17, 15) is 19.8 Å². The molecule has 0 saturated carbocycles. The summed E-state index contributed by atoms with van der Waals surface area (Å²) in [6.07, 6.45) is 1.32. The first-order valence-corrected chi connectivity index (χ1v) is 12.7. The summed E-state index contributed by atoms with van der Waals surface area (Å²) >= 11 is 0. The largest absolute Gasteiger partial charge is 0.507 e. The summed E-state index contributed by atoms with van der Waals surface area (Å²) in [4.78, 5) is 26.1. The van der Waals surface area contributed by atoms with Crippen molar-refractivity contribution in [3.63, 3.8) is 0 Å². The molecule has 0 spiro atoms. The molecule has 0 fully saturated rings. The third kappa shape index (κ3) is 6.17. The number of phenolic OH excluding ortho intramolecular Hbond substituents is 2. The van der Waals surface area contributed by atoms with Crippen LogP contribution in [0.2, 0.25) is 0 Å². The van der Waals surface area contributed by atoms with Crippen molar-refractivity contribution < 1.29 is 24.2 Å². The maximum atomic E-state index is 13.1. The van der Waals surface area contributed by atoms with Gasteiger partial charge >= 0.3 is 0 Å². The Morgan fingerprint density at radius 3 is 2.37 bits per heavy atom. The van der Waals surface area contributed by atoms with Crippen LogP contribution in [-0.4, -0.2) is 29.8 Å². The average molecular weight is 516 g/mol. The van der Waals surface area contributed by atoms with Gasteiger partial charge in [-0.25, -0.2) is 0 Å². The Bertz CT molecular complexity index is 1460. The van der Waals surface area contributed by atoms with Crippen LogP contribution in [0.25, 0.3) is 22.3 Å². The van der Waals surface area contributed by atoms with Gasteiger partial charge in [-0.2, -0.15) is 0 Å². The quantitative estimate of drug-likeness (QED) is 0.248. The lowest BCUT2D eigenvalue weighted by atomic mass is 9.85. The van der Waals surface area contributed by atoms with Crippen LogP contribution in [0.3, 0.4) is 0 Å². The van der Waals surface area contributed by atoms with Gasteiger partial charge in [-0.15, -0.1) is 0 Å². The summed E-state index contributed by atoms with van der Waals surface area (Å²) in [5.41, 5.74) is 1.80. The molecule has 1 amide bonds. The summed E-state index contributed by atoms with van der Waals surface area (Å²) in [5, 5.41) is 24.4. The SMILES string of the molecule is COc1ccc(CCNC(=O)C[C@@H](CC(C)C)c2c(O)cc(O)c3c(=O)cc(-c4ccccc4)oc23)cc1. The van der Waals surface area contributed by atoms with E-state index in [0.29, 0.717) is 36.3 Å². The number of ether oxygens (including phenoxy) is 1. The Morgan fingerprint density at radius 1 is 1.00 bits per heavy atom. The number of nitrogens with one attached hydrogen (secondary N) is 1. The van der Waals surface area contributed by atoms with E-state index in [1.165, 1.54) is 6.07 Å². The first-order chi connectivity index (χ1) is 18.3. The highest BCUT2D eigenvalue weighted by molar-refractivity contribution is 5.90. The van der Waals surface area contributed by atoms with E-state index >= 15 is 0 Å². The molecule has 1 heterocycles. The second-order valence-corrected chi connectivity index (χ2v) is 9.85. The number of phenols is 2. The zero-order chi connectivity index (χ0) is 27.2. The maximum absolute atomic E-state index is 13.1. The van der Waals surface area contributed by atoms with Crippen LogP contribution in [0.1, 0.15) is 43.7 Å². The molecule has 0 aliphatic rings. The molecule has 0 aliphatic carbocycles. The first kappa shape index (κ1) is 26.8. The zero-order valence-electron chi connectivity index (χ0n) is 21.9. The van der Waals surface area contributed by atoms with Crippen LogP contribution in [0.4, 0.5) is 0 Å². The van der Waals surface area contributed by atoms with E-state index in [4.69, 9.17) is 9.15 Å². The summed E-state index contributed by atoms with van der Waals surface area (Å²) in [6, 6.07) is 19.3. The summed E-state index contributed by atoms with van der Waals surface area (Å²) in [6.45, 7) is 4.51. The van der Waals surface area contributed by atoms with E-state index in [0.717, 1.165) is 17.4 Å². The zero-order valence-corrected chi connectivity index (χ0v) is 21.9. The van der Waals surface area contributed by atoms with Crippen LogP contribution in [0, 0.1) is 5.92 Å². The molecule has 0 saturated heterocycles. The fraction of sp³-hybridized carbons (Fsp3) is 0.290. The van der Waals surface area contributed by atoms with Gasteiger partial charge in [-0.1, -0.05) is 56.3 Å². The second kappa shape index (κ2) is 11.9. The average Bonchev–Trinajstić information content (AvgIpc) is 2.88. The van der Waals surface area contributed by atoms with Gasteiger partial charge in [0.1, 0.15) is 34.0 Å². The molecule has 4 rings (SSSR count). The predicted molar refractivity (Wildman–Crippen MR) is 148 cm³/mol. The van der Waals surface area contributed by atoms with Crippen LogP contribution < -0.4 is 15.5 Å². The molecule has 3 N–H and O–H groups in total. The van der Waals surface area contributed by atoms with E-state index in [2.05, 4.69) is 5.32 Å². The number of fused-ring (bicyclic) bond motifs is 1. The summed E-state index contributed by atoms with van der Waals surface area (Å²) in [7, 11) is 1.62. The van der Waals surface area contributed by atoms with Crippen molar-refractivity contribution in [2.45, 2.75) is 39.0 Å². The molecule has 0 radical (unpaired) electrons. The van der Waals surface area contributed by atoms with Gasteiger partial charge in [0.15, 0.2) is 5.43 Å². The van der Waals surface area contributed by atoms with Gasteiger partial charge < -0.3 is 24.7 Å². The number of benzene rings is 3.